The number of carbonyl (C=O) groups excluding carboxylic acids is 3. The Labute approximate surface area is 342 Å². The number of H-pyrrole nitrogens is 2. The fourth-order valence-corrected chi connectivity index (χ4v) is 9.21. The van der Waals surface area contributed by atoms with Crippen molar-refractivity contribution < 1.29 is 33.8 Å². The van der Waals surface area contributed by atoms with Gasteiger partial charge in [0.25, 0.3) is 0 Å². The number of likely N-dealkylation sites (tertiary alicyclic amines) is 2. The Morgan fingerprint density at radius 2 is 1.49 bits per heavy atom. The van der Waals surface area contributed by atoms with Gasteiger partial charge in [0, 0.05) is 23.0 Å². The Hall–Kier alpha value is -6.12. The predicted molar refractivity (Wildman–Crippen MR) is 221 cm³/mol. The second-order valence-corrected chi connectivity index (χ2v) is 16.9. The van der Waals surface area contributed by atoms with Gasteiger partial charge in [-0.25, -0.2) is 19.6 Å². The summed E-state index contributed by atoms with van der Waals surface area (Å²) in [6, 6.07) is 12.3. The van der Waals surface area contributed by atoms with Gasteiger partial charge in [-0.1, -0.05) is 45.9 Å². The first-order valence-electron chi connectivity index (χ1n) is 20.5. The maximum absolute atomic E-state index is 14.0. The molecule has 2 fully saturated rings. The van der Waals surface area contributed by atoms with E-state index in [1.54, 1.807) is 11.1 Å². The number of benzene rings is 3. The summed E-state index contributed by atoms with van der Waals surface area (Å²) >= 11 is 0. The van der Waals surface area contributed by atoms with Gasteiger partial charge in [-0.05, 0) is 97.7 Å². The van der Waals surface area contributed by atoms with Crippen molar-refractivity contribution in [2.75, 3.05) is 7.11 Å². The highest BCUT2D eigenvalue weighted by Gasteiger charge is 2.43. The summed E-state index contributed by atoms with van der Waals surface area (Å²) in [5, 5.41) is 16.5. The van der Waals surface area contributed by atoms with Crippen LogP contribution in [-0.4, -0.2) is 90.1 Å². The summed E-state index contributed by atoms with van der Waals surface area (Å²) in [6.45, 7) is 11.9. The molecule has 3 aliphatic heterocycles. The number of hydrogen-bond acceptors (Lipinski definition) is 8. The van der Waals surface area contributed by atoms with Crippen LogP contribution in [0.2, 0.25) is 0 Å². The van der Waals surface area contributed by atoms with Gasteiger partial charge in [-0.3, -0.25) is 9.59 Å². The van der Waals surface area contributed by atoms with Crippen molar-refractivity contribution in [3.8, 4) is 28.1 Å². The van der Waals surface area contributed by atoms with Crippen LogP contribution in [0.1, 0.15) is 96.5 Å². The summed E-state index contributed by atoms with van der Waals surface area (Å²) < 4.78 is 11.2. The quantitative estimate of drug-likeness (QED) is 0.101. The molecular weight excluding hydrogens is 753 g/mol. The van der Waals surface area contributed by atoms with Crippen molar-refractivity contribution in [1.29, 1.82) is 0 Å². The third-order valence-electron chi connectivity index (χ3n) is 12.4. The molecule has 2 aromatic heterocycles. The Morgan fingerprint density at radius 3 is 2.14 bits per heavy atom. The molecule has 5 aromatic rings. The average molecular weight is 805 g/mol. The summed E-state index contributed by atoms with van der Waals surface area (Å²) in [7, 11) is 1.29. The van der Waals surface area contributed by atoms with Crippen LogP contribution in [0.5, 0.6) is 5.75 Å². The van der Waals surface area contributed by atoms with Crippen LogP contribution in [0.15, 0.2) is 48.7 Å². The third-order valence-corrected chi connectivity index (χ3v) is 12.4. The second kappa shape index (κ2) is 15.6. The lowest BCUT2D eigenvalue weighted by Gasteiger charge is -2.32. The maximum Gasteiger partial charge on any atom is 0.407 e. The first kappa shape index (κ1) is 39.7. The molecule has 0 radical (unpaired) electrons. The first-order chi connectivity index (χ1) is 28.2. The fraction of sp³-hybridized carbons (Fsp3) is 0.455. The summed E-state index contributed by atoms with van der Waals surface area (Å²) in [5.74, 6) is 1.40. The largest absolute Gasteiger partial charge is 0.488 e. The molecule has 5 N–H and O–H groups in total. The van der Waals surface area contributed by atoms with E-state index in [9.17, 15) is 24.3 Å². The van der Waals surface area contributed by atoms with Crippen LogP contribution in [0.4, 0.5) is 9.59 Å². The van der Waals surface area contributed by atoms with Gasteiger partial charge in [0.05, 0.1) is 42.1 Å². The fourth-order valence-electron chi connectivity index (χ4n) is 9.21. The number of carboxylic acid groups (broad SMARTS) is 1. The molecule has 15 heteroatoms. The molecular formula is C44H52N8O7. The van der Waals surface area contributed by atoms with Crippen LogP contribution >= 0.6 is 0 Å². The number of amides is 4. The second-order valence-electron chi connectivity index (χ2n) is 16.9. The highest BCUT2D eigenvalue weighted by Crippen LogP contribution is 2.44. The van der Waals surface area contributed by atoms with Gasteiger partial charge >= 0.3 is 12.2 Å². The number of imidazole rings is 2. The summed E-state index contributed by atoms with van der Waals surface area (Å²) in [6.07, 6.45) is 3.00. The highest BCUT2D eigenvalue weighted by molar-refractivity contribution is 6.07. The molecule has 3 aliphatic rings. The van der Waals surface area contributed by atoms with Gasteiger partial charge < -0.3 is 45.0 Å². The molecule has 0 bridgehead atoms. The van der Waals surface area contributed by atoms with Crippen LogP contribution in [0.3, 0.4) is 0 Å². The minimum atomic E-state index is -1.22. The zero-order valence-corrected chi connectivity index (χ0v) is 34.5. The number of aromatic amines is 2. The van der Waals surface area contributed by atoms with Crippen LogP contribution in [0, 0.1) is 11.8 Å². The number of nitrogens with one attached hydrogen (secondary N) is 4. The van der Waals surface area contributed by atoms with E-state index in [0.29, 0.717) is 18.3 Å². The van der Waals surface area contributed by atoms with Crippen molar-refractivity contribution in [2.24, 2.45) is 11.8 Å². The summed E-state index contributed by atoms with van der Waals surface area (Å²) in [4.78, 5) is 71.7. The third kappa shape index (κ3) is 7.20. The molecule has 8 rings (SSSR count). The lowest BCUT2D eigenvalue weighted by molar-refractivity contribution is -0.138. The SMILES string of the molecule is COC(=O)N[C@H](C(=O)N1C(C)CC[C@H]1c1nc2ccc3cc4c(cc3c2[nH]1)OCc1cc(-c2cnc([C@@H]3CC[C@H](C)N3C(=O)[C@@H](NC(=O)O)C(C)C)[nH]2)ccc1-4)C(C)C. The number of nitrogens with zero attached hydrogens (tertiary/aromatic N) is 4. The number of carbonyl (C=O) groups is 4. The number of aromatic nitrogens is 4. The van der Waals surface area contributed by atoms with Crippen LogP contribution in [0.25, 0.3) is 44.2 Å². The Morgan fingerprint density at radius 1 is 0.831 bits per heavy atom. The number of hydrogen-bond donors (Lipinski definition) is 5. The normalized spacial score (nSPS) is 21.0. The number of fused-ring (bicyclic) bond motifs is 6. The molecule has 0 saturated carbocycles. The Balaban J connectivity index is 1.05. The van der Waals surface area contributed by atoms with Crippen LogP contribution < -0.4 is 15.4 Å². The van der Waals surface area contributed by atoms with E-state index in [4.69, 9.17) is 19.4 Å². The molecule has 310 valence electrons. The van der Waals surface area contributed by atoms with Crippen molar-refractivity contribution in [1.82, 2.24) is 40.4 Å². The van der Waals surface area contributed by atoms with E-state index >= 15 is 0 Å². The van der Waals surface area contributed by atoms with Gasteiger partial charge in [0.2, 0.25) is 11.8 Å². The van der Waals surface area contributed by atoms with E-state index < -0.39 is 24.3 Å². The van der Waals surface area contributed by atoms with Crippen molar-refractivity contribution in [3.63, 3.8) is 0 Å². The molecule has 6 atom stereocenters. The molecule has 5 heterocycles. The predicted octanol–water partition coefficient (Wildman–Crippen LogP) is 7.44. The van der Waals surface area contributed by atoms with Crippen molar-refractivity contribution >= 4 is 45.8 Å². The molecule has 1 unspecified atom stereocenters. The molecule has 4 amide bonds. The summed E-state index contributed by atoms with van der Waals surface area (Å²) in [5.41, 5.74) is 6.51. The van der Waals surface area contributed by atoms with E-state index in [1.807, 2.05) is 52.5 Å². The number of methoxy groups -OCH3 is 1. The monoisotopic (exact) mass is 804 g/mol. The molecule has 0 spiro atoms. The van der Waals surface area contributed by atoms with E-state index in [-0.39, 0.29) is 47.8 Å². The standard InChI is InChI=1S/C44H52N8O7/c1-21(2)36(49-43(55)56)41(53)51-23(5)8-14-33(51)39-45-19-32(47-39)26-10-12-28-27(16-26)20-59-35-18-29-25(17-30(28)35)11-13-31-38(29)48-40(46-31)34-15-9-24(6)52(34)42(54)37(22(3)4)50-44(57)58-7/h10-13,16-19,21-24,33-34,36-37,49H,8-9,14-15,20H2,1-7H3,(H,45,47)(H,46,48)(H,50,57)(H,55,56)/t23-,24?,33-,34-,36-,37-/m0/s1. The van der Waals surface area contributed by atoms with Gasteiger partial charge in [-0.15, -0.1) is 0 Å². The van der Waals surface area contributed by atoms with Gasteiger partial charge in [0.1, 0.15) is 36.1 Å². The van der Waals surface area contributed by atoms with E-state index in [0.717, 1.165) is 81.2 Å². The lowest BCUT2D eigenvalue weighted by atomic mass is 9.92. The van der Waals surface area contributed by atoms with Crippen LogP contribution in [-0.2, 0) is 20.9 Å². The minimum Gasteiger partial charge on any atom is -0.488 e. The molecule has 15 nitrogen and oxygen atoms in total. The topological polar surface area (TPSA) is 195 Å². The van der Waals surface area contributed by atoms with E-state index in [1.165, 1.54) is 7.11 Å². The first-order valence-corrected chi connectivity index (χ1v) is 20.5. The van der Waals surface area contributed by atoms with Crippen molar-refractivity contribution in [2.45, 2.75) is 110 Å². The minimum absolute atomic E-state index is 0.0288. The van der Waals surface area contributed by atoms with E-state index in [2.05, 4.69) is 57.0 Å². The molecule has 3 aromatic carbocycles. The molecule has 59 heavy (non-hydrogen) atoms. The van der Waals surface area contributed by atoms with Gasteiger partial charge in [-0.2, -0.15) is 0 Å². The highest BCUT2D eigenvalue weighted by atomic mass is 16.5. The number of ether oxygens (including phenoxy) is 2. The zero-order valence-electron chi connectivity index (χ0n) is 34.5. The zero-order chi connectivity index (χ0) is 41.9. The Kier molecular flexibility index (Phi) is 10.5. The number of rotatable bonds is 9. The smallest absolute Gasteiger partial charge is 0.407 e. The van der Waals surface area contributed by atoms with Gasteiger partial charge in [0.15, 0.2) is 0 Å². The average Bonchev–Trinajstić information content (AvgIpc) is 4.03. The molecule has 0 aliphatic carbocycles. The molecule has 2 saturated heterocycles. The number of alkyl carbamates (subject to hydrolysis) is 1. The lowest BCUT2D eigenvalue weighted by Crippen LogP contribution is -2.52. The van der Waals surface area contributed by atoms with Crippen molar-refractivity contribution in [3.05, 3.63) is 65.9 Å². The Bertz CT molecular complexity index is 2460. The maximum atomic E-state index is 14.0.